The lowest BCUT2D eigenvalue weighted by Gasteiger charge is -2.21. The molecule has 3 heterocycles. The van der Waals surface area contributed by atoms with Crippen molar-refractivity contribution in [3.05, 3.63) is 72.2 Å². The van der Waals surface area contributed by atoms with Gasteiger partial charge in [-0.15, -0.1) is 0 Å². The summed E-state index contributed by atoms with van der Waals surface area (Å²) in [5, 5.41) is 2.73. The first-order valence-corrected chi connectivity index (χ1v) is 12.9. The number of anilines is 1. The fourth-order valence-corrected chi connectivity index (χ4v) is 5.56. The number of sulfonamides is 1. The molecule has 10 heteroatoms. The fraction of sp³-hybridized carbons (Fsp3) is 0.320. The second-order valence-corrected chi connectivity index (χ2v) is 10.0. The van der Waals surface area contributed by atoms with E-state index in [-0.39, 0.29) is 28.6 Å². The van der Waals surface area contributed by atoms with Crippen molar-refractivity contribution in [2.75, 3.05) is 25.5 Å². The predicted molar refractivity (Wildman–Crippen MR) is 131 cm³/mol. The lowest BCUT2D eigenvalue weighted by molar-refractivity contribution is 0.102. The summed E-state index contributed by atoms with van der Waals surface area (Å²) >= 11 is 0. The molecule has 1 fully saturated rings. The molecule has 184 valence electrons. The van der Waals surface area contributed by atoms with Crippen LogP contribution >= 0.6 is 0 Å². The Balaban J connectivity index is 1.56. The van der Waals surface area contributed by atoms with E-state index in [0.717, 1.165) is 31.2 Å². The summed E-state index contributed by atoms with van der Waals surface area (Å²) in [6.07, 6.45) is 8.51. The summed E-state index contributed by atoms with van der Waals surface area (Å²) in [5.74, 6) is 0.320. The molecule has 1 aromatic carbocycles. The molecule has 1 saturated heterocycles. The molecule has 9 nitrogen and oxygen atoms in total. The van der Waals surface area contributed by atoms with Gasteiger partial charge in [0.2, 0.25) is 10.0 Å². The Bertz CT molecular complexity index is 1260. The molecule has 0 radical (unpaired) electrons. The van der Waals surface area contributed by atoms with Crippen LogP contribution in [0.3, 0.4) is 0 Å². The number of carbonyl (C=O) groups excluding carboxylic acids is 1. The van der Waals surface area contributed by atoms with E-state index in [1.54, 1.807) is 24.5 Å². The number of rotatable bonds is 8. The fourth-order valence-electron chi connectivity index (χ4n) is 3.86. The van der Waals surface area contributed by atoms with Crippen LogP contribution in [0.15, 0.2) is 66.0 Å². The molecular formula is C25H28N4O5S. The van der Waals surface area contributed by atoms with E-state index >= 15 is 0 Å². The molecule has 4 rings (SSSR count). The lowest BCUT2D eigenvalue weighted by atomic mass is 10.2. The van der Waals surface area contributed by atoms with Gasteiger partial charge in [0, 0.05) is 37.2 Å². The van der Waals surface area contributed by atoms with Crippen LogP contribution < -0.4 is 14.8 Å². The maximum absolute atomic E-state index is 13.4. The molecule has 35 heavy (non-hydrogen) atoms. The first-order chi connectivity index (χ1) is 17.0. The van der Waals surface area contributed by atoms with Crippen molar-refractivity contribution in [3.8, 4) is 11.5 Å². The molecule has 1 N–H and O–H groups in total. The Morgan fingerprint density at radius 3 is 2.46 bits per heavy atom. The van der Waals surface area contributed by atoms with E-state index in [1.165, 1.54) is 35.8 Å². The minimum atomic E-state index is -3.82. The molecule has 0 bridgehead atoms. The minimum Gasteiger partial charge on any atom is -0.495 e. The molecule has 0 saturated carbocycles. The van der Waals surface area contributed by atoms with Gasteiger partial charge in [-0.1, -0.05) is 12.8 Å². The molecule has 1 amide bonds. The predicted octanol–water partition coefficient (Wildman–Crippen LogP) is 3.88. The van der Waals surface area contributed by atoms with Crippen LogP contribution in [0.4, 0.5) is 5.82 Å². The molecule has 0 unspecified atom stereocenters. The highest BCUT2D eigenvalue weighted by Crippen LogP contribution is 2.30. The van der Waals surface area contributed by atoms with Crippen LogP contribution in [-0.2, 0) is 16.6 Å². The summed E-state index contributed by atoms with van der Waals surface area (Å²) in [6, 6.07) is 11.4. The first kappa shape index (κ1) is 24.6. The van der Waals surface area contributed by atoms with Crippen LogP contribution in [0.2, 0.25) is 0 Å². The van der Waals surface area contributed by atoms with Crippen molar-refractivity contribution in [2.45, 2.75) is 37.2 Å². The topological polar surface area (TPSA) is 111 Å². The van der Waals surface area contributed by atoms with E-state index in [0.29, 0.717) is 18.8 Å². The summed E-state index contributed by atoms with van der Waals surface area (Å²) < 4.78 is 39.4. The highest BCUT2D eigenvalue weighted by atomic mass is 32.2. The molecule has 0 aliphatic carbocycles. The summed E-state index contributed by atoms with van der Waals surface area (Å²) in [4.78, 5) is 21.3. The second kappa shape index (κ2) is 11.3. The summed E-state index contributed by atoms with van der Waals surface area (Å²) in [5.41, 5.74) is 1.09. The van der Waals surface area contributed by atoms with E-state index in [4.69, 9.17) is 9.47 Å². The van der Waals surface area contributed by atoms with Crippen LogP contribution in [0.25, 0.3) is 0 Å². The number of hydrogen-bond acceptors (Lipinski definition) is 7. The van der Waals surface area contributed by atoms with E-state index in [9.17, 15) is 13.2 Å². The Labute approximate surface area is 205 Å². The van der Waals surface area contributed by atoms with Crippen molar-refractivity contribution < 1.29 is 22.7 Å². The Hall–Kier alpha value is -3.50. The van der Waals surface area contributed by atoms with Gasteiger partial charge in [0.05, 0.1) is 7.11 Å². The van der Waals surface area contributed by atoms with Crippen LogP contribution in [-0.4, -0.2) is 48.8 Å². The zero-order chi connectivity index (χ0) is 24.7. The molecule has 0 atom stereocenters. The van der Waals surface area contributed by atoms with E-state index in [1.807, 2.05) is 12.1 Å². The number of hydrogen-bond donors (Lipinski definition) is 1. The monoisotopic (exact) mass is 496 g/mol. The Morgan fingerprint density at radius 2 is 1.74 bits per heavy atom. The largest absolute Gasteiger partial charge is 0.495 e. The number of ether oxygens (including phenoxy) is 2. The van der Waals surface area contributed by atoms with Crippen molar-refractivity contribution in [3.63, 3.8) is 0 Å². The molecule has 1 aliphatic heterocycles. The highest BCUT2D eigenvalue weighted by molar-refractivity contribution is 7.89. The molecule has 1 aliphatic rings. The number of carbonyl (C=O) groups is 1. The lowest BCUT2D eigenvalue weighted by Crippen LogP contribution is -2.32. The van der Waals surface area contributed by atoms with Gasteiger partial charge < -0.3 is 14.8 Å². The normalized spacial score (nSPS) is 14.7. The van der Waals surface area contributed by atoms with Gasteiger partial charge in [0.1, 0.15) is 17.3 Å². The third kappa shape index (κ3) is 5.95. The smallest absolute Gasteiger partial charge is 0.256 e. The van der Waals surface area contributed by atoms with Crippen molar-refractivity contribution >= 4 is 21.7 Å². The average molecular weight is 497 g/mol. The number of nitrogens with zero attached hydrogens (tertiary/aromatic N) is 3. The minimum absolute atomic E-state index is 0.0234. The zero-order valence-corrected chi connectivity index (χ0v) is 20.3. The summed E-state index contributed by atoms with van der Waals surface area (Å²) in [6.45, 7) is 1.18. The van der Waals surface area contributed by atoms with Gasteiger partial charge >= 0.3 is 0 Å². The zero-order valence-electron chi connectivity index (χ0n) is 19.5. The van der Waals surface area contributed by atoms with Crippen LogP contribution in [0, 0.1) is 0 Å². The van der Waals surface area contributed by atoms with Gasteiger partial charge in [-0.25, -0.2) is 13.4 Å². The average Bonchev–Trinajstić information content (AvgIpc) is 3.19. The second-order valence-electron chi connectivity index (χ2n) is 8.13. The molecule has 3 aromatic rings. The highest BCUT2D eigenvalue weighted by Gasteiger charge is 2.29. The Morgan fingerprint density at radius 1 is 1.00 bits per heavy atom. The quantitative estimate of drug-likeness (QED) is 0.504. The van der Waals surface area contributed by atoms with Gasteiger partial charge in [0.25, 0.3) is 5.91 Å². The van der Waals surface area contributed by atoms with Gasteiger partial charge in [-0.3, -0.25) is 9.78 Å². The van der Waals surface area contributed by atoms with Crippen LogP contribution in [0.1, 0.15) is 41.6 Å². The standard InChI is InChI=1S/C25H28N4O5S/c1-33-21-9-8-20(17-23(21)35(31,32)29-15-4-2-3-5-16-29)25(30)28-24-22(7-6-12-27-24)34-18-19-10-13-26-14-11-19/h6-14,17H,2-5,15-16,18H2,1H3,(H,27,28,30). The van der Waals surface area contributed by atoms with Crippen molar-refractivity contribution in [1.29, 1.82) is 0 Å². The molecular weight excluding hydrogens is 468 g/mol. The Kier molecular flexibility index (Phi) is 7.94. The summed E-state index contributed by atoms with van der Waals surface area (Å²) in [7, 11) is -2.41. The van der Waals surface area contributed by atoms with Gasteiger partial charge in [-0.2, -0.15) is 4.31 Å². The number of benzene rings is 1. The molecule has 2 aromatic heterocycles. The molecule has 0 spiro atoms. The number of pyridine rings is 2. The maximum atomic E-state index is 13.4. The third-order valence-corrected chi connectivity index (χ3v) is 7.67. The van der Waals surface area contributed by atoms with Crippen molar-refractivity contribution in [2.24, 2.45) is 0 Å². The van der Waals surface area contributed by atoms with Crippen molar-refractivity contribution in [1.82, 2.24) is 14.3 Å². The number of methoxy groups -OCH3 is 1. The van der Waals surface area contributed by atoms with E-state index in [2.05, 4.69) is 15.3 Å². The van der Waals surface area contributed by atoms with Gasteiger partial charge in [0.15, 0.2) is 11.6 Å². The van der Waals surface area contributed by atoms with E-state index < -0.39 is 15.9 Å². The SMILES string of the molecule is COc1ccc(C(=O)Nc2ncccc2OCc2ccncc2)cc1S(=O)(=O)N1CCCCCC1. The van der Waals surface area contributed by atoms with Gasteiger partial charge in [-0.05, 0) is 60.9 Å². The first-order valence-electron chi connectivity index (χ1n) is 11.5. The number of aromatic nitrogens is 2. The third-order valence-electron chi connectivity index (χ3n) is 5.75. The number of amides is 1. The van der Waals surface area contributed by atoms with Crippen LogP contribution in [0.5, 0.6) is 11.5 Å². The maximum Gasteiger partial charge on any atom is 0.256 e. The number of nitrogens with one attached hydrogen (secondary N) is 1.